The van der Waals surface area contributed by atoms with Crippen LogP contribution in [0.15, 0.2) is 66.3 Å². The Balaban J connectivity index is 1.27. The maximum atomic E-state index is 12.9. The second-order valence-electron chi connectivity index (χ2n) is 10.8. The van der Waals surface area contributed by atoms with Crippen molar-refractivity contribution in [1.29, 1.82) is 0 Å². The molecule has 1 aliphatic heterocycles. The van der Waals surface area contributed by atoms with Crippen LogP contribution in [0.4, 0.5) is 0 Å². The van der Waals surface area contributed by atoms with Gasteiger partial charge in [-0.1, -0.05) is 81.0 Å². The number of carbonyl (C=O) groups is 1. The van der Waals surface area contributed by atoms with Crippen LogP contribution in [0.25, 0.3) is 0 Å². The lowest BCUT2D eigenvalue weighted by Gasteiger charge is -2.22. The first kappa shape index (κ1) is 31.6. The van der Waals surface area contributed by atoms with Crippen molar-refractivity contribution >= 4 is 5.78 Å². The fraction of sp³-hybridized carbons (Fsp3) is 0.514. The minimum absolute atomic E-state index is 0.0232. The van der Waals surface area contributed by atoms with Crippen LogP contribution in [0, 0.1) is 6.92 Å². The van der Waals surface area contributed by atoms with Gasteiger partial charge in [0.05, 0.1) is 5.56 Å². The molecular weight excluding hydrogens is 500 g/mol. The Bertz CT molecular complexity index is 1070. The number of ether oxygens (including phenoxy) is 3. The Morgan fingerprint density at radius 1 is 1.00 bits per heavy atom. The lowest BCUT2D eigenvalue weighted by atomic mass is 10.0. The highest BCUT2D eigenvalue weighted by molar-refractivity contribution is 6.07. The summed E-state index contributed by atoms with van der Waals surface area (Å²) in [6, 6.07) is 13.1. The highest BCUT2D eigenvalue weighted by atomic mass is 16.7. The minimum atomic E-state index is -0.224. The number of hydrogen-bond acceptors (Lipinski definition) is 5. The number of phenols is 1. The van der Waals surface area contributed by atoms with Gasteiger partial charge >= 0.3 is 0 Å². The van der Waals surface area contributed by atoms with Crippen LogP contribution < -0.4 is 4.74 Å². The fourth-order valence-electron chi connectivity index (χ4n) is 4.85. The molecule has 1 unspecified atom stereocenters. The van der Waals surface area contributed by atoms with Crippen LogP contribution in [0.2, 0.25) is 0 Å². The van der Waals surface area contributed by atoms with E-state index in [1.807, 2.05) is 50.3 Å². The highest BCUT2D eigenvalue weighted by Gasteiger charge is 2.14. The van der Waals surface area contributed by atoms with E-state index in [-0.39, 0.29) is 23.4 Å². The molecule has 1 N–H and O–H groups in total. The molecule has 40 heavy (non-hydrogen) atoms. The molecule has 0 aromatic heterocycles. The van der Waals surface area contributed by atoms with Gasteiger partial charge in [0, 0.05) is 13.2 Å². The topological polar surface area (TPSA) is 65.0 Å². The third-order valence-corrected chi connectivity index (χ3v) is 7.24. The van der Waals surface area contributed by atoms with E-state index in [0.717, 1.165) is 55.6 Å². The molecule has 1 saturated heterocycles. The zero-order valence-corrected chi connectivity index (χ0v) is 24.5. The molecule has 0 spiro atoms. The molecule has 0 aliphatic carbocycles. The van der Waals surface area contributed by atoms with Crippen LogP contribution in [0.5, 0.6) is 11.5 Å². The molecule has 2 aromatic rings. The zero-order chi connectivity index (χ0) is 28.4. The van der Waals surface area contributed by atoms with Crippen molar-refractivity contribution in [3.63, 3.8) is 0 Å². The third kappa shape index (κ3) is 12.1. The van der Waals surface area contributed by atoms with Crippen LogP contribution in [-0.4, -0.2) is 30.4 Å². The second kappa shape index (κ2) is 18.5. The van der Waals surface area contributed by atoms with Crippen molar-refractivity contribution < 1.29 is 24.1 Å². The van der Waals surface area contributed by atoms with Crippen molar-refractivity contribution in [2.45, 2.75) is 104 Å². The normalized spacial score (nSPS) is 15.9. The van der Waals surface area contributed by atoms with Gasteiger partial charge in [0.1, 0.15) is 18.1 Å². The van der Waals surface area contributed by atoms with E-state index in [9.17, 15) is 9.90 Å². The monoisotopic (exact) mass is 548 g/mol. The van der Waals surface area contributed by atoms with E-state index >= 15 is 0 Å². The van der Waals surface area contributed by atoms with Gasteiger partial charge in [0.25, 0.3) is 0 Å². The molecular formula is C35H48O5. The number of allylic oxidation sites excluding steroid dienone is 4. The van der Waals surface area contributed by atoms with Crippen molar-refractivity contribution in [3.05, 3.63) is 83.0 Å². The average Bonchev–Trinajstić information content (AvgIpc) is 2.96. The minimum Gasteiger partial charge on any atom is -0.507 e. The molecule has 0 saturated carbocycles. The third-order valence-electron chi connectivity index (χ3n) is 7.24. The molecule has 2 aromatic carbocycles. The lowest BCUT2D eigenvalue weighted by Crippen LogP contribution is -2.22. The van der Waals surface area contributed by atoms with Crippen molar-refractivity contribution in [1.82, 2.24) is 0 Å². The van der Waals surface area contributed by atoms with Gasteiger partial charge in [-0.25, -0.2) is 0 Å². The highest BCUT2D eigenvalue weighted by Crippen LogP contribution is 2.29. The summed E-state index contributed by atoms with van der Waals surface area (Å²) in [5, 5.41) is 10.4. The van der Waals surface area contributed by atoms with Crippen molar-refractivity contribution in [3.8, 4) is 11.5 Å². The van der Waals surface area contributed by atoms with Gasteiger partial charge < -0.3 is 19.3 Å². The van der Waals surface area contributed by atoms with E-state index in [0.29, 0.717) is 12.4 Å². The summed E-state index contributed by atoms with van der Waals surface area (Å²) in [5.41, 5.74) is 2.97. The van der Waals surface area contributed by atoms with E-state index in [1.54, 1.807) is 18.2 Å². The summed E-state index contributed by atoms with van der Waals surface area (Å²) in [4.78, 5) is 12.9. The van der Waals surface area contributed by atoms with Crippen LogP contribution in [-0.2, 0) is 16.1 Å². The predicted molar refractivity (Wildman–Crippen MR) is 162 cm³/mol. The SMILES string of the molecule is CC(C=CCCCCCCCCCCOC1CCCCO1)=CC(=O)c1cc(OCc2ccccc2)c(C)cc1O. The van der Waals surface area contributed by atoms with E-state index in [1.165, 1.54) is 51.4 Å². The Morgan fingerprint density at radius 2 is 1.73 bits per heavy atom. The van der Waals surface area contributed by atoms with Crippen molar-refractivity contribution in [2.24, 2.45) is 0 Å². The number of unbranched alkanes of at least 4 members (excludes halogenated alkanes) is 8. The first-order valence-corrected chi connectivity index (χ1v) is 15.2. The van der Waals surface area contributed by atoms with E-state index in [4.69, 9.17) is 14.2 Å². The van der Waals surface area contributed by atoms with Crippen LogP contribution in [0.3, 0.4) is 0 Å². The van der Waals surface area contributed by atoms with Gasteiger partial charge in [-0.3, -0.25) is 4.79 Å². The molecule has 0 amide bonds. The molecule has 0 bridgehead atoms. The molecule has 1 fully saturated rings. The molecule has 3 rings (SSSR count). The van der Waals surface area contributed by atoms with Gasteiger partial charge in [-0.05, 0) is 87.3 Å². The van der Waals surface area contributed by atoms with Crippen LogP contribution >= 0.6 is 0 Å². The molecule has 1 heterocycles. The molecule has 1 atom stereocenters. The number of aromatic hydroxyl groups is 1. The first-order chi connectivity index (χ1) is 19.5. The smallest absolute Gasteiger partial charge is 0.189 e. The number of aryl methyl sites for hydroxylation is 1. The summed E-state index contributed by atoms with van der Waals surface area (Å²) < 4.78 is 17.3. The molecule has 5 heteroatoms. The summed E-state index contributed by atoms with van der Waals surface area (Å²) in [5.74, 6) is 0.355. The average molecular weight is 549 g/mol. The number of hydrogen-bond donors (Lipinski definition) is 1. The summed E-state index contributed by atoms with van der Waals surface area (Å²) >= 11 is 0. The maximum absolute atomic E-state index is 12.9. The number of benzene rings is 2. The molecule has 218 valence electrons. The fourth-order valence-corrected chi connectivity index (χ4v) is 4.85. The quantitative estimate of drug-likeness (QED) is 0.0871. The summed E-state index contributed by atoms with van der Waals surface area (Å²) in [7, 11) is 0. The zero-order valence-electron chi connectivity index (χ0n) is 24.5. The molecule has 0 radical (unpaired) electrons. The lowest BCUT2D eigenvalue weighted by molar-refractivity contribution is -0.162. The molecule has 1 aliphatic rings. The van der Waals surface area contributed by atoms with Gasteiger partial charge in [-0.2, -0.15) is 0 Å². The van der Waals surface area contributed by atoms with Crippen LogP contribution in [0.1, 0.15) is 105 Å². The first-order valence-electron chi connectivity index (χ1n) is 15.2. The number of carbonyl (C=O) groups excluding carboxylic acids is 1. The van der Waals surface area contributed by atoms with Gasteiger partial charge in [0.2, 0.25) is 0 Å². The predicted octanol–water partition coefficient (Wildman–Crippen LogP) is 9.02. The Kier molecular flexibility index (Phi) is 14.6. The van der Waals surface area contributed by atoms with E-state index in [2.05, 4.69) is 6.08 Å². The van der Waals surface area contributed by atoms with E-state index < -0.39 is 0 Å². The number of ketones is 1. The Hall–Kier alpha value is -2.89. The largest absolute Gasteiger partial charge is 0.507 e. The van der Waals surface area contributed by atoms with Gasteiger partial charge in [0.15, 0.2) is 12.1 Å². The number of phenolic OH excluding ortho intramolecular Hbond substituents is 1. The van der Waals surface area contributed by atoms with Gasteiger partial charge in [-0.15, -0.1) is 0 Å². The number of rotatable bonds is 18. The Labute approximate surface area is 241 Å². The molecule has 5 nitrogen and oxygen atoms in total. The standard InChI is InChI=1S/C35H48O5/c1-28(18-12-9-7-5-3-4-6-8-10-16-22-38-35-21-15-17-23-39-35)24-32(36)31-26-34(29(2)25-33(31)37)40-27-30-19-13-11-14-20-30/h11-14,18-20,24-26,35,37H,3-10,15-17,21-23,27H2,1-2H3. The summed E-state index contributed by atoms with van der Waals surface area (Å²) in [6.45, 7) is 5.86. The Morgan fingerprint density at radius 3 is 2.45 bits per heavy atom. The summed E-state index contributed by atoms with van der Waals surface area (Å²) in [6.07, 6.45) is 20.1. The second-order valence-corrected chi connectivity index (χ2v) is 10.8. The van der Waals surface area contributed by atoms with Crippen molar-refractivity contribution in [2.75, 3.05) is 13.2 Å². The maximum Gasteiger partial charge on any atom is 0.189 e.